The average Bonchev–Trinajstić information content (AvgIpc) is 3.02. The molecule has 1 aliphatic rings. The average molecular weight is 367 g/mol. The Labute approximate surface area is 150 Å². The molecule has 0 aromatic heterocycles. The number of carbonyl (C=O) groups is 1. The summed E-state index contributed by atoms with van der Waals surface area (Å²) in [6, 6.07) is 14.2. The lowest BCUT2D eigenvalue weighted by atomic mass is 10.0. The summed E-state index contributed by atoms with van der Waals surface area (Å²) in [7, 11) is 0. The lowest BCUT2D eigenvalue weighted by molar-refractivity contribution is -0.157. The predicted molar refractivity (Wildman–Crippen MR) is 91.0 cm³/mol. The number of hydrogen-bond acceptors (Lipinski definition) is 4. The molecule has 24 heavy (non-hydrogen) atoms. The smallest absolute Gasteiger partial charge is 0.338 e. The molecule has 0 amide bonds. The zero-order valence-electron chi connectivity index (χ0n) is 12.9. The number of ether oxygens (including phenoxy) is 3. The van der Waals surface area contributed by atoms with Gasteiger partial charge in [0.25, 0.3) is 0 Å². The van der Waals surface area contributed by atoms with Crippen LogP contribution in [0.15, 0.2) is 48.5 Å². The molecule has 0 N–H and O–H groups in total. The van der Waals surface area contributed by atoms with Gasteiger partial charge in [-0.05, 0) is 36.8 Å². The maximum atomic E-state index is 12.3. The molecule has 0 radical (unpaired) electrons. The van der Waals surface area contributed by atoms with Crippen LogP contribution in [-0.2, 0) is 19.0 Å². The molecule has 3 rings (SSSR count). The first-order valence-corrected chi connectivity index (χ1v) is 8.32. The lowest BCUT2D eigenvalue weighted by Crippen LogP contribution is -2.28. The molecule has 3 atom stereocenters. The SMILES string of the molecule is CCOC(=O)C1OC(c2ccc(Cl)cc2)OC1c1ccc(Cl)cc1. The molecule has 3 unspecified atom stereocenters. The summed E-state index contributed by atoms with van der Waals surface area (Å²) < 4.78 is 16.9. The maximum Gasteiger partial charge on any atom is 0.338 e. The van der Waals surface area contributed by atoms with Crippen molar-refractivity contribution in [2.45, 2.75) is 25.4 Å². The molecule has 0 spiro atoms. The van der Waals surface area contributed by atoms with Crippen LogP contribution in [0.1, 0.15) is 30.4 Å². The quantitative estimate of drug-likeness (QED) is 0.734. The standard InChI is InChI=1S/C18H16Cl2O4/c1-2-22-17(21)16-15(11-3-7-13(19)8-4-11)23-18(24-16)12-5-9-14(20)10-6-12/h3-10,15-16,18H,2H2,1H3. The summed E-state index contributed by atoms with van der Waals surface area (Å²) in [6.07, 6.45) is -2.08. The van der Waals surface area contributed by atoms with Gasteiger partial charge in [0.15, 0.2) is 12.4 Å². The fourth-order valence-electron chi connectivity index (χ4n) is 2.53. The Hall–Kier alpha value is -1.59. The van der Waals surface area contributed by atoms with Gasteiger partial charge >= 0.3 is 5.97 Å². The van der Waals surface area contributed by atoms with Gasteiger partial charge in [0, 0.05) is 15.6 Å². The Balaban J connectivity index is 1.87. The highest BCUT2D eigenvalue weighted by molar-refractivity contribution is 6.30. The molecule has 1 saturated heterocycles. The molecule has 4 nitrogen and oxygen atoms in total. The molecule has 0 bridgehead atoms. The van der Waals surface area contributed by atoms with E-state index in [0.717, 1.165) is 11.1 Å². The summed E-state index contributed by atoms with van der Waals surface area (Å²) in [5.74, 6) is -0.450. The van der Waals surface area contributed by atoms with Gasteiger partial charge in [0.05, 0.1) is 6.61 Å². The van der Waals surface area contributed by atoms with Crippen LogP contribution in [0, 0.1) is 0 Å². The van der Waals surface area contributed by atoms with E-state index in [1.807, 2.05) is 12.1 Å². The van der Waals surface area contributed by atoms with Crippen molar-refractivity contribution in [2.24, 2.45) is 0 Å². The first-order chi connectivity index (χ1) is 11.6. The summed E-state index contributed by atoms with van der Waals surface area (Å²) in [6.45, 7) is 2.03. The number of carbonyl (C=O) groups excluding carboxylic acids is 1. The van der Waals surface area contributed by atoms with Crippen LogP contribution in [0.25, 0.3) is 0 Å². The summed E-state index contributed by atoms with van der Waals surface area (Å²) in [5, 5.41) is 1.23. The normalized spacial score (nSPS) is 23.2. The Kier molecular flexibility index (Phi) is 5.41. The lowest BCUT2D eigenvalue weighted by Gasteiger charge is -2.15. The minimum absolute atomic E-state index is 0.275. The van der Waals surface area contributed by atoms with Crippen LogP contribution in [-0.4, -0.2) is 18.7 Å². The van der Waals surface area contributed by atoms with Crippen LogP contribution in [0.4, 0.5) is 0 Å². The van der Waals surface area contributed by atoms with Gasteiger partial charge in [0.2, 0.25) is 0 Å². The predicted octanol–water partition coefficient (Wildman–Crippen LogP) is 4.71. The molecular formula is C18H16Cl2O4. The highest BCUT2D eigenvalue weighted by Crippen LogP contribution is 2.40. The highest BCUT2D eigenvalue weighted by Gasteiger charge is 2.43. The number of halogens is 2. The van der Waals surface area contributed by atoms with Crippen LogP contribution < -0.4 is 0 Å². The van der Waals surface area contributed by atoms with E-state index in [1.54, 1.807) is 43.3 Å². The van der Waals surface area contributed by atoms with Crippen molar-refractivity contribution in [3.8, 4) is 0 Å². The summed E-state index contributed by atoms with van der Waals surface area (Å²) in [4.78, 5) is 12.3. The second kappa shape index (κ2) is 7.53. The Morgan fingerprint density at radius 1 is 0.958 bits per heavy atom. The third-order valence-electron chi connectivity index (χ3n) is 3.67. The van der Waals surface area contributed by atoms with E-state index in [4.69, 9.17) is 37.4 Å². The largest absolute Gasteiger partial charge is 0.464 e. The van der Waals surface area contributed by atoms with E-state index in [0.29, 0.717) is 10.0 Å². The summed E-state index contributed by atoms with van der Waals surface area (Å²) >= 11 is 11.8. The monoisotopic (exact) mass is 366 g/mol. The highest BCUT2D eigenvalue weighted by atomic mass is 35.5. The third-order valence-corrected chi connectivity index (χ3v) is 4.18. The van der Waals surface area contributed by atoms with Crippen LogP contribution >= 0.6 is 23.2 Å². The van der Waals surface area contributed by atoms with Crippen LogP contribution in [0.3, 0.4) is 0 Å². The van der Waals surface area contributed by atoms with E-state index in [1.165, 1.54) is 0 Å². The van der Waals surface area contributed by atoms with E-state index in [2.05, 4.69) is 0 Å². The van der Waals surface area contributed by atoms with E-state index < -0.39 is 24.5 Å². The van der Waals surface area contributed by atoms with Crippen molar-refractivity contribution in [3.63, 3.8) is 0 Å². The zero-order valence-corrected chi connectivity index (χ0v) is 14.5. The fourth-order valence-corrected chi connectivity index (χ4v) is 2.78. The van der Waals surface area contributed by atoms with Gasteiger partial charge in [-0.3, -0.25) is 0 Å². The number of rotatable bonds is 4. The second-order valence-corrected chi connectivity index (χ2v) is 6.17. The van der Waals surface area contributed by atoms with E-state index in [9.17, 15) is 4.79 Å². The molecule has 1 fully saturated rings. The molecule has 6 heteroatoms. The van der Waals surface area contributed by atoms with Gasteiger partial charge in [-0.2, -0.15) is 0 Å². The minimum Gasteiger partial charge on any atom is -0.464 e. The second-order valence-electron chi connectivity index (χ2n) is 5.30. The number of esters is 1. The molecule has 0 aliphatic carbocycles. The van der Waals surface area contributed by atoms with Crippen molar-refractivity contribution in [3.05, 3.63) is 69.7 Å². The molecule has 2 aromatic carbocycles. The minimum atomic E-state index is -0.841. The molecule has 0 saturated carbocycles. The Morgan fingerprint density at radius 2 is 1.50 bits per heavy atom. The van der Waals surface area contributed by atoms with Gasteiger partial charge in [0.1, 0.15) is 6.10 Å². The van der Waals surface area contributed by atoms with Crippen molar-refractivity contribution in [1.29, 1.82) is 0 Å². The zero-order chi connectivity index (χ0) is 17.1. The molecular weight excluding hydrogens is 351 g/mol. The van der Waals surface area contributed by atoms with Gasteiger partial charge in [-0.15, -0.1) is 0 Å². The van der Waals surface area contributed by atoms with Crippen molar-refractivity contribution in [1.82, 2.24) is 0 Å². The Morgan fingerprint density at radius 3 is 2.04 bits per heavy atom. The number of hydrogen-bond donors (Lipinski definition) is 0. The van der Waals surface area contributed by atoms with Crippen molar-refractivity contribution >= 4 is 29.2 Å². The van der Waals surface area contributed by atoms with E-state index >= 15 is 0 Å². The van der Waals surface area contributed by atoms with Crippen LogP contribution in [0.5, 0.6) is 0 Å². The van der Waals surface area contributed by atoms with Gasteiger partial charge in [-0.25, -0.2) is 4.79 Å². The topological polar surface area (TPSA) is 44.8 Å². The Bertz CT molecular complexity index is 700. The first kappa shape index (κ1) is 17.2. The third kappa shape index (κ3) is 3.73. The van der Waals surface area contributed by atoms with Crippen LogP contribution in [0.2, 0.25) is 10.0 Å². The summed E-state index contributed by atoms with van der Waals surface area (Å²) in [5.41, 5.74) is 1.58. The van der Waals surface area contributed by atoms with Gasteiger partial charge in [-0.1, -0.05) is 47.5 Å². The first-order valence-electron chi connectivity index (χ1n) is 7.57. The maximum absolute atomic E-state index is 12.3. The molecule has 2 aromatic rings. The van der Waals surface area contributed by atoms with Crippen molar-refractivity contribution in [2.75, 3.05) is 6.61 Å². The molecule has 1 heterocycles. The fraction of sp³-hybridized carbons (Fsp3) is 0.278. The molecule has 126 valence electrons. The van der Waals surface area contributed by atoms with Gasteiger partial charge < -0.3 is 14.2 Å². The molecule has 1 aliphatic heterocycles. The van der Waals surface area contributed by atoms with E-state index in [-0.39, 0.29) is 6.61 Å². The number of benzene rings is 2. The van der Waals surface area contributed by atoms with Crippen molar-refractivity contribution < 1.29 is 19.0 Å².